The average Bonchev–Trinajstić information content (AvgIpc) is 3.05. The van der Waals surface area contributed by atoms with Crippen LogP contribution in [0.3, 0.4) is 0 Å². The van der Waals surface area contributed by atoms with E-state index in [0.29, 0.717) is 6.04 Å². The Morgan fingerprint density at radius 3 is 2.83 bits per heavy atom. The minimum Gasteiger partial charge on any atom is -0.481 e. The fourth-order valence-corrected chi connectivity index (χ4v) is 3.49. The number of hydrogen-bond acceptors (Lipinski definition) is 3. The maximum absolute atomic E-state index is 11.2. The van der Waals surface area contributed by atoms with Gasteiger partial charge in [-0.15, -0.1) is 0 Å². The number of aryl methyl sites for hydroxylation is 1. The second kappa shape index (κ2) is 4.43. The molecule has 2 fully saturated rings. The number of carboxylic acids is 1. The highest BCUT2D eigenvalue weighted by Gasteiger charge is 2.49. The first-order valence-corrected chi connectivity index (χ1v) is 6.75. The number of fused-ring (bicyclic) bond motifs is 2. The molecule has 1 N–H and O–H groups in total. The lowest BCUT2D eigenvalue weighted by Gasteiger charge is -2.21. The van der Waals surface area contributed by atoms with Crippen LogP contribution >= 0.6 is 0 Å². The van der Waals surface area contributed by atoms with Crippen LogP contribution in [-0.2, 0) is 17.8 Å². The second-order valence-electron chi connectivity index (χ2n) is 5.37. The first-order chi connectivity index (χ1) is 8.69. The molecular formula is C14H19NO3. The number of rotatable bonds is 4. The maximum Gasteiger partial charge on any atom is 0.308 e. The summed E-state index contributed by atoms with van der Waals surface area (Å²) in [6.07, 6.45) is 3.87. The molecule has 4 heteroatoms. The largest absolute Gasteiger partial charge is 0.481 e. The van der Waals surface area contributed by atoms with Crippen LogP contribution in [0.25, 0.3) is 0 Å². The highest BCUT2D eigenvalue weighted by atomic mass is 16.4. The van der Waals surface area contributed by atoms with Gasteiger partial charge in [-0.25, -0.2) is 0 Å². The molecule has 18 heavy (non-hydrogen) atoms. The van der Waals surface area contributed by atoms with Crippen molar-refractivity contribution in [3.8, 4) is 0 Å². The first kappa shape index (κ1) is 11.8. The molecule has 2 bridgehead atoms. The van der Waals surface area contributed by atoms with Crippen LogP contribution in [0.1, 0.15) is 37.7 Å². The van der Waals surface area contributed by atoms with Gasteiger partial charge in [0, 0.05) is 18.5 Å². The fourth-order valence-electron chi connectivity index (χ4n) is 3.49. The molecule has 0 radical (unpaired) electrons. The summed E-state index contributed by atoms with van der Waals surface area (Å²) in [7, 11) is 0. The van der Waals surface area contributed by atoms with Crippen molar-refractivity contribution in [2.24, 2.45) is 5.92 Å². The van der Waals surface area contributed by atoms with E-state index in [1.54, 1.807) is 0 Å². The third kappa shape index (κ3) is 1.85. The smallest absolute Gasteiger partial charge is 0.308 e. The van der Waals surface area contributed by atoms with Gasteiger partial charge in [-0.1, -0.05) is 6.92 Å². The Kier molecular flexibility index (Phi) is 2.90. The molecule has 0 aliphatic carbocycles. The molecule has 0 aromatic carbocycles. The van der Waals surface area contributed by atoms with Crippen molar-refractivity contribution in [2.75, 3.05) is 0 Å². The van der Waals surface area contributed by atoms with E-state index in [1.807, 2.05) is 12.1 Å². The summed E-state index contributed by atoms with van der Waals surface area (Å²) in [5.41, 5.74) is 0. The predicted molar refractivity (Wildman–Crippen MR) is 66.2 cm³/mol. The van der Waals surface area contributed by atoms with Crippen LogP contribution in [0.5, 0.6) is 0 Å². The lowest BCUT2D eigenvalue weighted by molar-refractivity contribution is -0.142. The van der Waals surface area contributed by atoms with Gasteiger partial charge in [-0.05, 0) is 31.4 Å². The molecule has 1 aromatic rings. The molecule has 98 valence electrons. The summed E-state index contributed by atoms with van der Waals surface area (Å²) in [5.74, 6) is 1.16. The second-order valence-corrected chi connectivity index (χ2v) is 5.37. The monoisotopic (exact) mass is 249 g/mol. The summed E-state index contributed by atoms with van der Waals surface area (Å²) in [5, 5.41) is 9.21. The van der Waals surface area contributed by atoms with Gasteiger partial charge < -0.3 is 9.52 Å². The Morgan fingerprint density at radius 1 is 1.44 bits per heavy atom. The number of aliphatic carboxylic acids is 1. The minimum absolute atomic E-state index is 0.177. The first-order valence-electron chi connectivity index (χ1n) is 6.75. The number of carbonyl (C=O) groups is 1. The van der Waals surface area contributed by atoms with Crippen LogP contribution in [0.2, 0.25) is 0 Å². The van der Waals surface area contributed by atoms with Crippen molar-refractivity contribution >= 4 is 5.97 Å². The van der Waals surface area contributed by atoms with E-state index < -0.39 is 5.97 Å². The molecule has 0 spiro atoms. The zero-order chi connectivity index (χ0) is 12.7. The van der Waals surface area contributed by atoms with Crippen LogP contribution in [0, 0.1) is 5.92 Å². The lowest BCUT2D eigenvalue weighted by atomic mass is 9.89. The van der Waals surface area contributed by atoms with Crippen molar-refractivity contribution in [2.45, 2.75) is 51.2 Å². The van der Waals surface area contributed by atoms with Crippen molar-refractivity contribution < 1.29 is 14.3 Å². The van der Waals surface area contributed by atoms with Gasteiger partial charge in [-0.3, -0.25) is 9.69 Å². The highest BCUT2D eigenvalue weighted by molar-refractivity contribution is 5.71. The van der Waals surface area contributed by atoms with E-state index in [1.165, 1.54) is 0 Å². The van der Waals surface area contributed by atoms with Gasteiger partial charge in [0.25, 0.3) is 0 Å². The van der Waals surface area contributed by atoms with Crippen LogP contribution < -0.4 is 0 Å². The summed E-state index contributed by atoms with van der Waals surface area (Å²) < 4.78 is 5.73. The molecule has 3 atom stereocenters. The molecule has 3 rings (SSSR count). The van der Waals surface area contributed by atoms with Gasteiger partial charge in [-0.2, -0.15) is 0 Å². The van der Waals surface area contributed by atoms with Crippen molar-refractivity contribution in [1.82, 2.24) is 4.90 Å². The number of furan rings is 1. The van der Waals surface area contributed by atoms with Gasteiger partial charge >= 0.3 is 5.97 Å². The molecule has 3 heterocycles. The Morgan fingerprint density at radius 2 is 2.22 bits per heavy atom. The van der Waals surface area contributed by atoms with Crippen molar-refractivity contribution in [3.05, 3.63) is 23.7 Å². The van der Waals surface area contributed by atoms with Gasteiger partial charge in [0.05, 0.1) is 12.5 Å². The predicted octanol–water partition coefficient (Wildman–Crippen LogP) is 2.28. The SMILES string of the molecule is CCc1ccc(CN2C3CCC2C(C(=O)O)C3)o1. The normalized spacial score (nSPS) is 31.1. The molecule has 2 aliphatic heterocycles. The third-order valence-electron chi connectivity index (χ3n) is 4.40. The maximum atomic E-state index is 11.2. The third-order valence-corrected chi connectivity index (χ3v) is 4.40. The molecule has 3 unspecified atom stereocenters. The van der Waals surface area contributed by atoms with E-state index in [2.05, 4.69) is 11.8 Å². The summed E-state index contributed by atoms with van der Waals surface area (Å²) in [4.78, 5) is 13.5. The average molecular weight is 249 g/mol. The van der Waals surface area contributed by atoms with Crippen molar-refractivity contribution in [3.63, 3.8) is 0 Å². The number of hydrogen-bond donors (Lipinski definition) is 1. The Balaban J connectivity index is 1.72. The van der Waals surface area contributed by atoms with Gasteiger partial charge in [0.1, 0.15) is 11.5 Å². The molecule has 1 aromatic heterocycles. The van der Waals surface area contributed by atoms with E-state index in [4.69, 9.17) is 4.42 Å². The van der Waals surface area contributed by atoms with E-state index >= 15 is 0 Å². The topological polar surface area (TPSA) is 53.7 Å². The Bertz CT molecular complexity index is 454. The Hall–Kier alpha value is -1.29. The molecular weight excluding hydrogens is 230 g/mol. The summed E-state index contributed by atoms with van der Waals surface area (Å²) in [6.45, 7) is 2.84. The van der Waals surface area contributed by atoms with E-state index in [-0.39, 0.29) is 12.0 Å². The highest BCUT2D eigenvalue weighted by Crippen LogP contribution is 2.42. The van der Waals surface area contributed by atoms with E-state index in [0.717, 1.165) is 43.7 Å². The van der Waals surface area contributed by atoms with Crippen molar-refractivity contribution in [1.29, 1.82) is 0 Å². The molecule has 4 nitrogen and oxygen atoms in total. The number of carboxylic acid groups (broad SMARTS) is 1. The molecule has 2 saturated heterocycles. The van der Waals surface area contributed by atoms with Gasteiger partial charge in [0.2, 0.25) is 0 Å². The van der Waals surface area contributed by atoms with Crippen LogP contribution in [0.15, 0.2) is 16.5 Å². The molecule has 2 aliphatic rings. The van der Waals surface area contributed by atoms with Crippen LogP contribution in [-0.4, -0.2) is 28.1 Å². The summed E-state index contributed by atoms with van der Waals surface area (Å²) >= 11 is 0. The molecule has 0 saturated carbocycles. The lowest BCUT2D eigenvalue weighted by Crippen LogP contribution is -2.32. The molecule has 0 amide bonds. The van der Waals surface area contributed by atoms with Gasteiger partial charge in [0.15, 0.2) is 0 Å². The standard InChI is InChI=1S/C14H19NO3/c1-2-10-4-5-11(18-10)8-15-9-3-6-13(15)12(7-9)14(16)17/h4-5,9,12-13H,2-3,6-8H2,1H3,(H,16,17). The van der Waals surface area contributed by atoms with E-state index in [9.17, 15) is 9.90 Å². The summed E-state index contributed by atoms with van der Waals surface area (Å²) in [6, 6.07) is 4.68. The Labute approximate surface area is 107 Å². The zero-order valence-electron chi connectivity index (χ0n) is 10.6. The quantitative estimate of drug-likeness (QED) is 0.889. The van der Waals surface area contributed by atoms with Crippen LogP contribution in [0.4, 0.5) is 0 Å². The minimum atomic E-state index is -0.638. The fraction of sp³-hybridized carbons (Fsp3) is 0.643. The number of nitrogens with zero attached hydrogens (tertiary/aromatic N) is 1. The zero-order valence-corrected chi connectivity index (χ0v) is 10.6.